The summed E-state index contributed by atoms with van der Waals surface area (Å²) in [7, 11) is 0. The highest BCUT2D eigenvalue weighted by Gasteiger charge is 2.48. The summed E-state index contributed by atoms with van der Waals surface area (Å²) >= 11 is 0. The maximum absolute atomic E-state index is 12.2. The summed E-state index contributed by atoms with van der Waals surface area (Å²) in [6, 6.07) is 0. The fourth-order valence-electron chi connectivity index (χ4n) is 2.22. The van der Waals surface area contributed by atoms with Crippen molar-refractivity contribution in [2.45, 2.75) is 40.0 Å². The largest absolute Gasteiger partial charge is 0.396 e. The van der Waals surface area contributed by atoms with Crippen LogP contribution in [-0.2, 0) is 9.59 Å². The van der Waals surface area contributed by atoms with Gasteiger partial charge in [-0.3, -0.25) is 14.5 Å². The number of carbonyl (C=O) groups is 2. The van der Waals surface area contributed by atoms with Crippen LogP contribution in [0.25, 0.3) is 0 Å². The predicted molar refractivity (Wildman–Crippen MR) is 60.6 cm³/mol. The third-order valence-electron chi connectivity index (χ3n) is 3.65. The lowest BCUT2D eigenvalue weighted by Gasteiger charge is -2.24. The van der Waals surface area contributed by atoms with Gasteiger partial charge < -0.3 is 5.11 Å². The fraction of sp³-hybridized carbons (Fsp3) is 0.833. The number of carbonyl (C=O) groups excluding carboxylic acids is 2. The number of hydrogen-bond acceptors (Lipinski definition) is 3. The lowest BCUT2D eigenvalue weighted by atomic mass is 9.81. The molecule has 0 aliphatic carbocycles. The molecule has 2 amide bonds. The van der Waals surface area contributed by atoms with Gasteiger partial charge >= 0.3 is 0 Å². The number of nitrogens with zero attached hydrogens (tertiary/aromatic N) is 1. The van der Waals surface area contributed by atoms with Gasteiger partial charge in [0.25, 0.3) is 0 Å². The third-order valence-corrected chi connectivity index (χ3v) is 3.65. The number of likely N-dealkylation sites (tertiary alicyclic amines) is 1. The van der Waals surface area contributed by atoms with Crippen molar-refractivity contribution in [3.8, 4) is 0 Å². The first kappa shape index (κ1) is 13.2. The molecule has 0 aromatic rings. The van der Waals surface area contributed by atoms with Crippen LogP contribution in [0.1, 0.15) is 40.0 Å². The van der Waals surface area contributed by atoms with Gasteiger partial charge in [-0.1, -0.05) is 20.8 Å². The van der Waals surface area contributed by atoms with Crippen LogP contribution in [0.5, 0.6) is 0 Å². The number of hydrogen-bond donors (Lipinski definition) is 1. The van der Waals surface area contributed by atoms with Gasteiger partial charge in [-0.15, -0.1) is 0 Å². The Morgan fingerprint density at radius 3 is 2.31 bits per heavy atom. The van der Waals surface area contributed by atoms with Crippen LogP contribution in [-0.4, -0.2) is 35.0 Å². The second kappa shape index (κ2) is 4.95. The maximum atomic E-state index is 12.2. The standard InChI is InChI=1S/C12H21NO3/c1-4-12(5-2)6-10(15)13(11(12)16)7-9(3)8-14/h9,14H,4-8H2,1-3H3. The van der Waals surface area contributed by atoms with Crippen LogP contribution in [0.15, 0.2) is 0 Å². The van der Waals surface area contributed by atoms with Crippen molar-refractivity contribution in [2.75, 3.05) is 13.2 Å². The third kappa shape index (κ3) is 2.12. The first-order valence-electron chi connectivity index (χ1n) is 5.96. The average Bonchev–Trinajstić information content (AvgIpc) is 2.53. The van der Waals surface area contributed by atoms with Gasteiger partial charge in [0, 0.05) is 19.6 Å². The summed E-state index contributed by atoms with van der Waals surface area (Å²) in [5.74, 6) is -0.186. The molecule has 1 saturated heterocycles. The predicted octanol–water partition coefficient (Wildman–Crippen LogP) is 1.18. The summed E-state index contributed by atoms with van der Waals surface area (Å²) in [6.07, 6.45) is 1.74. The lowest BCUT2D eigenvalue weighted by Crippen LogP contribution is -2.38. The molecule has 4 heteroatoms. The minimum Gasteiger partial charge on any atom is -0.396 e. The molecule has 0 bridgehead atoms. The Balaban J connectivity index is 2.82. The van der Waals surface area contributed by atoms with Crippen LogP contribution in [0.4, 0.5) is 0 Å². The van der Waals surface area contributed by atoms with E-state index < -0.39 is 5.41 Å². The molecule has 0 aromatic heterocycles. The molecule has 0 spiro atoms. The molecule has 1 aliphatic heterocycles. The Morgan fingerprint density at radius 1 is 1.38 bits per heavy atom. The minimum atomic E-state index is -0.480. The van der Waals surface area contributed by atoms with Gasteiger partial charge in [-0.05, 0) is 18.8 Å². The van der Waals surface area contributed by atoms with E-state index in [1.807, 2.05) is 20.8 Å². The van der Waals surface area contributed by atoms with E-state index in [0.29, 0.717) is 25.8 Å². The van der Waals surface area contributed by atoms with Crippen LogP contribution in [0.2, 0.25) is 0 Å². The van der Waals surface area contributed by atoms with Crippen molar-refractivity contribution in [2.24, 2.45) is 11.3 Å². The van der Waals surface area contributed by atoms with Crippen LogP contribution in [0.3, 0.4) is 0 Å². The monoisotopic (exact) mass is 227 g/mol. The Hall–Kier alpha value is -0.900. The first-order valence-corrected chi connectivity index (χ1v) is 5.96. The van der Waals surface area contributed by atoms with Crippen LogP contribution >= 0.6 is 0 Å². The highest BCUT2D eigenvalue weighted by Crippen LogP contribution is 2.39. The second-order valence-electron chi connectivity index (χ2n) is 4.76. The van der Waals surface area contributed by atoms with E-state index in [1.54, 1.807) is 0 Å². The Labute approximate surface area is 96.6 Å². The zero-order valence-corrected chi connectivity index (χ0v) is 10.3. The average molecular weight is 227 g/mol. The summed E-state index contributed by atoms with van der Waals surface area (Å²) in [5.41, 5.74) is -0.480. The van der Waals surface area contributed by atoms with E-state index in [1.165, 1.54) is 4.90 Å². The molecule has 1 rings (SSSR count). The molecular formula is C12H21NO3. The van der Waals surface area contributed by atoms with Gasteiger partial charge in [0.2, 0.25) is 11.8 Å². The topological polar surface area (TPSA) is 57.6 Å². The molecule has 1 N–H and O–H groups in total. The molecule has 1 fully saturated rings. The Bertz CT molecular complexity index is 284. The SMILES string of the molecule is CCC1(CC)CC(=O)N(CC(C)CO)C1=O. The Kier molecular flexibility index (Phi) is 4.08. The van der Waals surface area contributed by atoms with Crippen LogP contribution in [0, 0.1) is 11.3 Å². The summed E-state index contributed by atoms with van der Waals surface area (Å²) < 4.78 is 0. The highest BCUT2D eigenvalue weighted by atomic mass is 16.3. The maximum Gasteiger partial charge on any atom is 0.235 e. The van der Waals surface area contributed by atoms with E-state index in [4.69, 9.17) is 5.11 Å². The molecular weight excluding hydrogens is 206 g/mol. The molecule has 92 valence electrons. The first-order chi connectivity index (χ1) is 7.50. The second-order valence-corrected chi connectivity index (χ2v) is 4.76. The van der Waals surface area contributed by atoms with Crippen molar-refractivity contribution < 1.29 is 14.7 Å². The molecule has 1 atom stereocenters. The van der Waals surface area contributed by atoms with E-state index in [2.05, 4.69) is 0 Å². The number of imide groups is 1. The van der Waals surface area contributed by atoms with E-state index in [-0.39, 0.29) is 24.3 Å². The number of aliphatic hydroxyl groups excluding tert-OH is 1. The number of amides is 2. The van der Waals surface area contributed by atoms with Crippen molar-refractivity contribution >= 4 is 11.8 Å². The van der Waals surface area contributed by atoms with Gasteiger partial charge in [-0.25, -0.2) is 0 Å². The van der Waals surface area contributed by atoms with Crippen molar-refractivity contribution in [1.29, 1.82) is 0 Å². The molecule has 16 heavy (non-hydrogen) atoms. The zero-order chi connectivity index (χ0) is 12.3. The quantitative estimate of drug-likeness (QED) is 0.717. The van der Waals surface area contributed by atoms with Crippen LogP contribution < -0.4 is 0 Å². The fourth-order valence-corrected chi connectivity index (χ4v) is 2.22. The van der Waals surface area contributed by atoms with Gasteiger partial charge in [0.1, 0.15) is 0 Å². The lowest BCUT2D eigenvalue weighted by molar-refractivity contribution is -0.142. The van der Waals surface area contributed by atoms with E-state index in [0.717, 1.165) is 0 Å². The molecule has 0 saturated carbocycles. The minimum absolute atomic E-state index is 0.00229. The van der Waals surface area contributed by atoms with Crippen molar-refractivity contribution in [3.63, 3.8) is 0 Å². The molecule has 4 nitrogen and oxygen atoms in total. The summed E-state index contributed by atoms with van der Waals surface area (Å²) in [4.78, 5) is 25.3. The van der Waals surface area contributed by atoms with Gasteiger partial charge in [0.05, 0.1) is 5.41 Å². The molecule has 1 heterocycles. The molecule has 1 aliphatic rings. The number of aliphatic hydroxyl groups is 1. The van der Waals surface area contributed by atoms with E-state index >= 15 is 0 Å². The molecule has 0 aromatic carbocycles. The molecule has 0 radical (unpaired) electrons. The summed E-state index contributed by atoms with van der Waals surface area (Å²) in [6.45, 7) is 6.08. The molecule has 1 unspecified atom stereocenters. The van der Waals surface area contributed by atoms with Gasteiger partial charge in [0.15, 0.2) is 0 Å². The number of rotatable bonds is 5. The smallest absolute Gasteiger partial charge is 0.235 e. The van der Waals surface area contributed by atoms with Crippen molar-refractivity contribution in [1.82, 2.24) is 4.90 Å². The van der Waals surface area contributed by atoms with Gasteiger partial charge in [-0.2, -0.15) is 0 Å². The zero-order valence-electron chi connectivity index (χ0n) is 10.3. The van der Waals surface area contributed by atoms with Crippen molar-refractivity contribution in [3.05, 3.63) is 0 Å². The highest BCUT2D eigenvalue weighted by molar-refractivity contribution is 6.05. The van der Waals surface area contributed by atoms with E-state index in [9.17, 15) is 9.59 Å². The normalized spacial score (nSPS) is 21.6. The summed E-state index contributed by atoms with van der Waals surface area (Å²) in [5, 5.41) is 8.96. The Morgan fingerprint density at radius 2 is 1.94 bits per heavy atom.